The second-order valence-electron chi connectivity index (χ2n) is 1.73. The van der Waals surface area contributed by atoms with Gasteiger partial charge in [-0.15, -0.1) is 0 Å². The van der Waals surface area contributed by atoms with Gasteiger partial charge in [0.15, 0.2) is 0 Å². The molecule has 0 radical (unpaired) electrons. The van der Waals surface area contributed by atoms with Crippen LogP contribution in [0.4, 0.5) is 0 Å². The number of rotatable bonds is 2. The van der Waals surface area contributed by atoms with E-state index in [-0.39, 0.29) is 0 Å². The highest BCUT2D eigenvalue weighted by Gasteiger charge is 1.57. The SMILES string of the molecule is CC.CC=NC=NCC.CCC. The van der Waals surface area contributed by atoms with Crippen LogP contribution in [0.5, 0.6) is 0 Å². The molecular formula is C10H24N2. The van der Waals surface area contributed by atoms with Crippen LogP contribution >= 0.6 is 0 Å². The largest absolute Gasteiger partial charge is 0.274 e. The summed E-state index contributed by atoms with van der Waals surface area (Å²) in [5.41, 5.74) is 0. The first-order valence-corrected chi connectivity index (χ1v) is 4.79. The molecular weight excluding hydrogens is 148 g/mol. The summed E-state index contributed by atoms with van der Waals surface area (Å²) in [5.74, 6) is 0. The van der Waals surface area contributed by atoms with Crippen LogP contribution in [0, 0.1) is 0 Å². The van der Waals surface area contributed by atoms with Crippen molar-refractivity contribution in [1.29, 1.82) is 0 Å². The molecule has 0 amide bonds. The summed E-state index contributed by atoms with van der Waals surface area (Å²) >= 11 is 0. The fourth-order valence-corrected chi connectivity index (χ4v) is 0.195. The number of hydrogen-bond donors (Lipinski definition) is 0. The fraction of sp³-hybridized carbons (Fsp3) is 0.800. The van der Waals surface area contributed by atoms with Crippen LogP contribution < -0.4 is 0 Å². The minimum absolute atomic E-state index is 0.817. The first-order valence-electron chi connectivity index (χ1n) is 4.79. The average molecular weight is 172 g/mol. The third-order valence-electron chi connectivity index (χ3n) is 0.480. The second-order valence-corrected chi connectivity index (χ2v) is 1.73. The first-order chi connectivity index (χ1) is 5.83. The summed E-state index contributed by atoms with van der Waals surface area (Å²) in [5, 5.41) is 0. The van der Waals surface area contributed by atoms with Crippen molar-refractivity contribution in [2.75, 3.05) is 6.54 Å². The number of nitrogens with zero attached hydrogens (tertiary/aromatic N) is 2. The van der Waals surface area contributed by atoms with Gasteiger partial charge in [0.25, 0.3) is 0 Å². The van der Waals surface area contributed by atoms with Crippen LogP contribution in [0.25, 0.3) is 0 Å². The zero-order valence-corrected chi connectivity index (χ0v) is 9.46. The van der Waals surface area contributed by atoms with E-state index in [0.717, 1.165) is 6.54 Å². The monoisotopic (exact) mass is 172 g/mol. The van der Waals surface area contributed by atoms with Crippen LogP contribution in [0.1, 0.15) is 48.0 Å². The Labute approximate surface area is 77.8 Å². The lowest BCUT2D eigenvalue weighted by Gasteiger charge is -1.72. The molecule has 0 aliphatic rings. The molecule has 0 heterocycles. The molecule has 0 aromatic rings. The Hall–Kier alpha value is -0.660. The van der Waals surface area contributed by atoms with Gasteiger partial charge < -0.3 is 0 Å². The van der Waals surface area contributed by atoms with Gasteiger partial charge in [0, 0.05) is 12.8 Å². The molecule has 2 heteroatoms. The predicted octanol–water partition coefficient (Wildman–Crippen LogP) is 3.57. The van der Waals surface area contributed by atoms with Gasteiger partial charge in [0.2, 0.25) is 0 Å². The van der Waals surface area contributed by atoms with Crippen molar-refractivity contribution < 1.29 is 0 Å². The van der Waals surface area contributed by atoms with E-state index in [4.69, 9.17) is 0 Å². The quantitative estimate of drug-likeness (QED) is 0.449. The van der Waals surface area contributed by atoms with Crippen LogP contribution in [0.15, 0.2) is 9.98 Å². The maximum Gasteiger partial charge on any atom is 0.109 e. The van der Waals surface area contributed by atoms with Gasteiger partial charge in [0.1, 0.15) is 6.34 Å². The Morgan fingerprint density at radius 2 is 1.50 bits per heavy atom. The van der Waals surface area contributed by atoms with Gasteiger partial charge in [-0.25, -0.2) is 4.99 Å². The molecule has 0 aromatic heterocycles. The van der Waals surface area contributed by atoms with Gasteiger partial charge in [-0.3, -0.25) is 4.99 Å². The highest BCUT2D eigenvalue weighted by molar-refractivity contribution is 5.70. The molecule has 0 saturated carbocycles. The molecule has 12 heavy (non-hydrogen) atoms. The zero-order valence-electron chi connectivity index (χ0n) is 9.46. The van der Waals surface area contributed by atoms with Crippen LogP contribution in [-0.2, 0) is 0 Å². The summed E-state index contributed by atoms with van der Waals surface area (Å²) in [6.07, 6.45) is 4.51. The van der Waals surface area contributed by atoms with E-state index in [1.165, 1.54) is 6.42 Å². The predicted molar refractivity (Wildman–Crippen MR) is 60.5 cm³/mol. The maximum atomic E-state index is 3.84. The van der Waals surface area contributed by atoms with Gasteiger partial charge in [-0.05, 0) is 13.8 Å². The van der Waals surface area contributed by atoms with Gasteiger partial charge in [0.05, 0.1) is 0 Å². The summed E-state index contributed by atoms with van der Waals surface area (Å²) in [6, 6.07) is 0. The highest BCUT2D eigenvalue weighted by Crippen LogP contribution is 1.62. The Bertz CT molecular complexity index is 85.8. The Morgan fingerprint density at radius 3 is 1.75 bits per heavy atom. The molecule has 74 valence electrons. The van der Waals surface area contributed by atoms with E-state index in [1.54, 1.807) is 12.6 Å². The van der Waals surface area contributed by atoms with E-state index in [1.807, 2.05) is 27.7 Å². The summed E-state index contributed by atoms with van der Waals surface area (Å²) < 4.78 is 0. The normalized spacial score (nSPS) is 8.83. The van der Waals surface area contributed by atoms with E-state index in [9.17, 15) is 0 Å². The molecule has 0 bridgehead atoms. The lowest BCUT2D eigenvalue weighted by molar-refractivity contribution is 1.09. The van der Waals surface area contributed by atoms with Crippen LogP contribution in [0.3, 0.4) is 0 Å². The van der Waals surface area contributed by atoms with Gasteiger partial charge in [-0.1, -0.05) is 34.1 Å². The first kappa shape index (κ1) is 17.4. The molecule has 0 aromatic carbocycles. The lowest BCUT2D eigenvalue weighted by Crippen LogP contribution is -1.68. The van der Waals surface area contributed by atoms with Gasteiger partial charge >= 0.3 is 0 Å². The molecule has 0 spiro atoms. The van der Waals surface area contributed by atoms with E-state index < -0.39 is 0 Å². The molecule has 0 atom stereocenters. The van der Waals surface area contributed by atoms with Crippen molar-refractivity contribution in [3.63, 3.8) is 0 Å². The summed E-state index contributed by atoms with van der Waals surface area (Å²) in [4.78, 5) is 7.58. The molecule has 0 N–H and O–H groups in total. The maximum absolute atomic E-state index is 3.84. The zero-order chi connectivity index (χ0) is 10.2. The highest BCUT2D eigenvalue weighted by atomic mass is 14.8. The third-order valence-corrected chi connectivity index (χ3v) is 0.480. The molecule has 0 fully saturated rings. The smallest absolute Gasteiger partial charge is 0.109 e. The van der Waals surface area contributed by atoms with E-state index >= 15 is 0 Å². The van der Waals surface area contributed by atoms with Crippen LogP contribution in [-0.4, -0.2) is 19.1 Å². The number of hydrogen-bond acceptors (Lipinski definition) is 1. The van der Waals surface area contributed by atoms with Crippen molar-refractivity contribution >= 4 is 12.6 Å². The van der Waals surface area contributed by atoms with E-state index in [0.29, 0.717) is 0 Å². The lowest BCUT2D eigenvalue weighted by atomic mass is 10.6. The molecule has 2 nitrogen and oxygen atoms in total. The van der Waals surface area contributed by atoms with Crippen molar-refractivity contribution in [2.24, 2.45) is 9.98 Å². The Kier molecular flexibility index (Phi) is 45.9. The summed E-state index contributed by atoms with van der Waals surface area (Å²) in [7, 11) is 0. The number of aliphatic imine (C=N–C) groups is 2. The molecule has 0 aliphatic heterocycles. The Balaban J connectivity index is -0.000000137. The van der Waals surface area contributed by atoms with Crippen molar-refractivity contribution in [1.82, 2.24) is 0 Å². The van der Waals surface area contributed by atoms with Gasteiger partial charge in [-0.2, -0.15) is 0 Å². The van der Waals surface area contributed by atoms with Crippen LogP contribution in [0.2, 0.25) is 0 Å². The van der Waals surface area contributed by atoms with Crippen molar-refractivity contribution in [3.05, 3.63) is 0 Å². The molecule has 0 saturated heterocycles. The third kappa shape index (κ3) is 58.2. The van der Waals surface area contributed by atoms with Crippen molar-refractivity contribution in [2.45, 2.75) is 48.0 Å². The van der Waals surface area contributed by atoms with Crippen molar-refractivity contribution in [3.8, 4) is 0 Å². The second kappa shape index (κ2) is 31.6. The van der Waals surface area contributed by atoms with E-state index in [2.05, 4.69) is 23.8 Å². The minimum atomic E-state index is 0.817. The summed E-state index contributed by atoms with van der Waals surface area (Å²) in [6.45, 7) is 12.9. The fourth-order valence-electron chi connectivity index (χ4n) is 0.195. The molecule has 0 aliphatic carbocycles. The average Bonchev–Trinajstić information content (AvgIpc) is 2.11. The molecule has 0 unspecified atom stereocenters. The molecule has 0 rings (SSSR count). The Morgan fingerprint density at radius 1 is 1.08 bits per heavy atom. The topological polar surface area (TPSA) is 24.7 Å². The standard InChI is InChI=1S/C5H10N2.C3H8.C2H6/c1-3-6-5-7-4-2;1-3-2;1-2/h3,5H,4H2,1-2H3;3H2,1-2H3;1-2H3. The minimum Gasteiger partial charge on any atom is -0.274 e.